The van der Waals surface area contributed by atoms with Gasteiger partial charge in [-0.1, -0.05) is 30.3 Å². The van der Waals surface area contributed by atoms with Gasteiger partial charge in [0.1, 0.15) is 23.9 Å². The topological polar surface area (TPSA) is 213 Å². The Morgan fingerprint density at radius 1 is 0.864 bits per heavy atom. The fraction of sp³-hybridized carbons (Fsp3) is 0.419. The molecule has 13 heteroatoms. The van der Waals surface area contributed by atoms with E-state index in [1.165, 1.54) is 23.9 Å². The minimum Gasteiger partial charge on any atom is -0.508 e. The maximum absolute atomic E-state index is 13.4. The normalized spacial score (nSPS) is 13.9. The number of thioether (sulfide) groups is 1. The number of aromatic hydroxyl groups is 1. The van der Waals surface area contributed by atoms with E-state index < -0.39 is 47.9 Å². The number of hydrogen-bond donors (Lipinski definition) is 8. The Labute approximate surface area is 260 Å². The summed E-state index contributed by atoms with van der Waals surface area (Å²) in [5.74, 6) is -2.29. The molecule has 12 nitrogen and oxygen atoms in total. The Morgan fingerprint density at radius 3 is 2.16 bits per heavy atom. The van der Waals surface area contributed by atoms with Crippen molar-refractivity contribution in [1.82, 2.24) is 20.9 Å². The molecule has 3 amide bonds. The van der Waals surface area contributed by atoms with Crippen molar-refractivity contribution >= 4 is 46.4 Å². The first-order chi connectivity index (χ1) is 21.1. The second kappa shape index (κ2) is 17.3. The van der Waals surface area contributed by atoms with Gasteiger partial charge in [-0.25, -0.2) is 4.79 Å². The van der Waals surface area contributed by atoms with Crippen molar-refractivity contribution in [2.45, 2.75) is 62.7 Å². The van der Waals surface area contributed by atoms with Crippen molar-refractivity contribution < 1.29 is 29.4 Å². The lowest BCUT2D eigenvalue weighted by atomic mass is 10.0. The fourth-order valence-corrected chi connectivity index (χ4v) is 5.26. The molecule has 1 heterocycles. The van der Waals surface area contributed by atoms with Crippen LogP contribution in [0.4, 0.5) is 0 Å². The van der Waals surface area contributed by atoms with Crippen LogP contribution >= 0.6 is 11.8 Å². The van der Waals surface area contributed by atoms with Crippen LogP contribution in [0, 0.1) is 0 Å². The number of aromatic nitrogens is 1. The number of fused-ring (bicyclic) bond motifs is 1. The van der Waals surface area contributed by atoms with Gasteiger partial charge in [0.2, 0.25) is 17.7 Å². The SMILES string of the molecule is CSCCC(NC(=O)C(N)Cc1ccc(O)cc1)C(=O)NC(CCCCN)C(=O)NC(Cc1c[nH]c2ccccc12)C(=O)O. The third kappa shape index (κ3) is 10.3. The van der Waals surface area contributed by atoms with Gasteiger partial charge in [-0.3, -0.25) is 14.4 Å². The standard InChI is InChI=1S/C31H42N6O6S/c1-44-15-13-26(35-28(39)23(33)16-19-9-11-21(38)12-10-19)30(41)36-25(8-4-5-14-32)29(40)37-27(31(42)43)17-20-18-34-24-7-3-2-6-22(20)24/h2-3,6-7,9-12,18,23,25-27,34,38H,4-5,8,13-17,32-33H2,1H3,(H,35,39)(H,36,41)(H,37,40)(H,42,43). The van der Waals surface area contributed by atoms with Crippen LogP contribution in [-0.2, 0) is 32.0 Å². The lowest BCUT2D eigenvalue weighted by molar-refractivity contribution is -0.142. The van der Waals surface area contributed by atoms with E-state index >= 15 is 0 Å². The predicted octanol–water partition coefficient (Wildman–Crippen LogP) is 1.41. The van der Waals surface area contributed by atoms with Gasteiger partial charge in [-0.05, 0) is 80.0 Å². The first-order valence-electron chi connectivity index (χ1n) is 14.5. The number of phenolic OH excluding ortho intramolecular Hbond substituents is 1. The number of benzene rings is 2. The largest absolute Gasteiger partial charge is 0.508 e. The molecule has 1 aromatic heterocycles. The molecule has 0 saturated carbocycles. The minimum absolute atomic E-state index is 0.0415. The highest BCUT2D eigenvalue weighted by atomic mass is 32.2. The predicted molar refractivity (Wildman–Crippen MR) is 171 cm³/mol. The molecule has 10 N–H and O–H groups in total. The summed E-state index contributed by atoms with van der Waals surface area (Å²) in [5.41, 5.74) is 14.1. The van der Waals surface area contributed by atoms with Gasteiger partial charge in [0, 0.05) is 23.5 Å². The van der Waals surface area contributed by atoms with Crippen LogP contribution in [0.2, 0.25) is 0 Å². The number of amides is 3. The second-order valence-electron chi connectivity index (χ2n) is 10.6. The maximum atomic E-state index is 13.4. The molecule has 44 heavy (non-hydrogen) atoms. The number of para-hydroxylation sites is 1. The van der Waals surface area contributed by atoms with E-state index in [1.807, 2.05) is 30.5 Å². The molecule has 0 bridgehead atoms. The number of unbranched alkanes of at least 4 members (excludes halogenated alkanes) is 1. The van der Waals surface area contributed by atoms with Crippen LogP contribution in [0.5, 0.6) is 5.75 Å². The number of carboxylic acids is 1. The minimum atomic E-state index is -1.24. The molecule has 0 spiro atoms. The summed E-state index contributed by atoms with van der Waals surface area (Å²) < 4.78 is 0. The molecular weight excluding hydrogens is 584 g/mol. The molecule has 4 unspecified atom stereocenters. The number of phenols is 1. The highest BCUT2D eigenvalue weighted by Gasteiger charge is 2.30. The van der Waals surface area contributed by atoms with Gasteiger partial charge < -0.3 is 42.6 Å². The van der Waals surface area contributed by atoms with Crippen LogP contribution in [0.3, 0.4) is 0 Å². The van der Waals surface area contributed by atoms with Gasteiger partial charge >= 0.3 is 5.97 Å². The number of aromatic amines is 1. The Kier molecular flexibility index (Phi) is 13.5. The number of H-pyrrole nitrogens is 1. The van der Waals surface area contributed by atoms with E-state index in [1.54, 1.807) is 18.3 Å². The van der Waals surface area contributed by atoms with Gasteiger partial charge in [0.05, 0.1) is 6.04 Å². The number of carboxylic acid groups (broad SMARTS) is 1. The van der Waals surface area contributed by atoms with Gasteiger partial charge in [-0.2, -0.15) is 11.8 Å². The number of nitrogens with one attached hydrogen (secondary N) is 4. The monoisotopic (exact) mass is 626 g/mol. The zero-order valence-corrected chi connectivity index (χ0v) is 25.6. The van der Waals surface area contributed by atoms with Gasteiger partial charge in [0.15, 0.2) is 0 Å². The summed E-state index contributed by atoms with van der Waals surface area (Å²) in [4.78, 5) is 55.1. The highest BCUT2D eigenvalue weighted by Crippen LogP contribution is 2.19. The summed E-state index contributed by atoms with van der Waals surface area (Å²) in [7, 11) is 0. The van der Waals surface area contributed by atoms with E-state index in [0.29, 0.717) is 31.6 Å². The summed E-state index contributed by atoms with van der Waals surface area (Å²) in [6.45, 7) is 0.395. The summed E-state index contributed by atoms with van der Waals surface area (Å²) in [6.07, 6.45) is 5.48. The van der Waals surface area contributed by atoms with Gasteiger partial charge in [-0.15, -0.1) is 0 Å². The second-order valence-corrected chi connectivity index (χ2v) is 11.6. The molecule has 3 rings (SSSR count). The van der Waals surface area contributed by atoms with Crippen molar-refractivity contribution in [1.29, 1.82) is 0 Å². The first-order valence-corrected chi connectivity index (χ1v) is 15.9. The lowest BCUT2D eigenvalue weighted by Crippen LogP contribution is -2.57. The number of nitrogens with two attached hydrogens (primary N) is 2. The average Bonchev–Trinajstić information content (AvgIpc) is 3.41. The molecule has 3 aromatic rings. The van der Waals surface area contributed by atoms with Gasteiger partial charge in [0.25, 0.3) is 0 Å². The van der Waals surface area contributed by atoms with Crippen molar-refractivity contribution in [3.05, 3.63) is 65.9 Å². The maximum Gasteiger partial charge on any atom is 0.326 e. The average molecular weight is 627 g/mol. The third-order valence-electron chi connectivity index (χ3n) is 7.27. The van der Waals surface area contributed by atoms with Crippen LogP contribution < -0.4 is 27.4 Å². The Balaban J connectivity index is 1.70. The molecule has 0 radical (unpaired) electrons. The summed E-state index contributed by atoms with van der Waals surface area (Å²) in [5, 5.41) is 28.3. The first kappa shape index (κ1) is 34.4. The Hall–Kier alpha value is -4.07. The molecule has 0 aliphatic carbocycles. The quantitative estimate of drug-likeness (QED) is 0.0957. The van der Waals surface area contributed by atoms with Crippen molar-refractivity contribution in [3.8, 4) is 5.75 Å². The number of hydrogen-bond acceptors (Lipinski definition) is 8. The molecule has 2 aromatic carbocycles. The summed E-state index contributed by atoms with van der Waals surface area (Å²) >= 11 is 1.50. The van der Waals surface area contributed by atoms with E-state index in [-0.39, 0.29) is 25.0 Å². The smallest absolute Gasteiger partial charge is 0.326 e. The number of rotatable bonds is 18. The Morgan fingerprint density at radius 2 is 1.50 bits per heavy atom. The Bertz CT molecular complexity index is 1400. The van der Waals surface area contributed by atoms with Crippen LogP contribution in [0.15, 0.2) is 54.7 Å². The lowest BCUT2D eigenvalue weighted by Gasteiger charge is -2.25. The molecule has 0 saturated heterocycles. The molecular formula is C31H42N6O6S. The molecule has 238 valence electrons. The van der Waals surface area contributed by atoms with Crippen LogP contribution in [0.1, 0.15) is 36.8 Å². The molecule has 0 aliphatic heterocycles. The zero-order chi connectivity index (χ0) is 32.1. The van der Waals surface area contributed by atoms with E-state index in [4.69, 9.17) is 11.5 Å². The zero-order valence-electron chi connectivity index (χ0n) is 24.8. The van der Waals surface area contributed by atoms with E-state index in [9.17, 15) is 29.4 Å². The molecule has 0 fully saturated rings. The number of carbonyl (C=O) groups excluding carboxylic acids is 3. The summed E-state index contributed by atoms with van der Waals surface area (Å²) in [6, 6.07) is 9.59. The highest BCUT2D eigenvalue weighted by molar-refractivity contribution is 7.98. The van der Waals surface area contributed by atoms with Crippen molar-refractivity contribution in [2.75, 3.05) is 18.6 Å². The van der Waals surface area contributed by atoms with Crippen LogP contribution in [0.25, 0.3) is 10.9 Å². The van der Waals surface area contributed by atoms with Crippen molar-refractivity contribution in [2.24, 2.45) is 11.5 Å². The number of aliphatic carboxylic acids is 1. The molecule has 0 aliphatic rings. The van der Waals surface area contributed by atoms with Crippen LogP contribution in [-0.4, -0.2) is 81.6 Å². The molecule has 4 atom stereocenters. The fourth-order valence-electron chi connectivity index (χ4n) is 4.79. The van der Waals surface area contributed by atoms with Crippen molar-refractivity contribution in [3.63, 3.8) is 0 Å². The van der Waals surface area contributed by atoms with E-state index in [2.05, 4.69) is 20.9 Å². The van der Waals surface area contributed by atoms with E-state index in [0.717, 1.165) is 22.0 Å². The third-order valence-corrected chi connectivity index (χ3v) is 7.91. The number of carbonyl (C=O) groups is 4.